The zero-order valence-corrected chi connectivity index (χ0v) is 10.6. The van der Waals surface area contributed by atoms with Gasteiger partial charge in [0.1, 0.15) is 0 Å². The quantitative estimate of drug-likeness (QED) is 0.790. The summed E-state index contributed by atoms with van der Waals surface area (Å²) in [7, 11) is -1.61. The molecule has 5 nitrogen and oxygen atoms in total. The molecule has 1 aliphatic heterocycles. The molecular weight excluding hydrogens is 226 g/mol. The number of hydrogen-bond acceptors (Lipinski definition) is 3. The molecule has 90 valence electrons. The topological polar surface area (TPSA) is 55.2 Å². The molecule has 1 atom stereocenters. The van der Waals surface area contributed by atoms with E-state index in [1.807, 2.05) is 13.8 Å². The Morgan fingerprint density at radius 3 is 2.56 bits per heavy atom. The summed E-state index contributed by atoms with van der Waals surface area (Å²) in [5, 5.41) is 0.153. The van der Waals surface area contributed by atoms with Gasteiger partial charge >= 0.3 is 0 Å². The molecular formula is C10H17N3O2S. The highest BCUT2D eigenvalue weighted by Crippen LogP contribution is 2.30. The van der Waals surface area contributed by atoms with Crippen LogP contribution in [0, 0.1) is 5.92 Å². The number of imidazole rings is 1. The number of rotatable bonds is 3. The average Bonchev–Trinajstić information content (AvgIpc) is 2.47. The Morgan fingerprint density at radius 1 is 1.50 bits per heavy atom. The zero-order chi connectivity index (χ0) is 11.9. The summed E-state index contributed by atoms with van der Waals surface area (Å²) in [5.74, 6) is 0.354. The van der Waals surface area contributed by atoms with Crippen LogP contribution in [0.1, 0.15) is 20.3 Å². The first-order valence-electron chi connectivity index (χ1n) is 5.42. The summed E-state index contributed by atoms with van der Waals surface area (Å²) in [5.41, 5.74) is 0. The molecule has 0 aliphatic carbocycles. The van der Waals surface area contributed by atoms with Crippen molar-refractivity contribution in [1.82, 2.24) is 13.9 Å². The van der Waals surface area contributed by atoms with Crippen LogP contribution in [0.3, 0.4) is 0 Å². The second kappa shape index (κ2) is 3.85. The van der Waals surface area contributed by atoms with Crippen LogP contribution in [0.25, 0.3) is 0 Å². The molecule has 1 aliphatic rings. The third-order valence-corrected chi connectivity index (χ3v) is 4.85. The van der Waals surface area contributed by atoms with Gasteiger partial charge in [-0.15, -0.1) is 0 Å². The van der Waals surface area contributed by atoms with E-state index in [4.69, 9.17) is 0 Å². The van der Waals surface area contributed by atoms with Gasteiger partial charge in [0.05, 0.1) is 6.33 Å². The third kappa shape index (κ3) is 1.76. The van der Waals surface area contributed by atoms with Crippen molar-refractivity contribution in [1.29, 1.82) is 0 Å². The molecule has 0 radical (unpaired) electrons. The predicted molar refractivity (Wildman–Crippen MR) is 60.3 cm³/mol. The Hall–Kier alpha value is -0.880. The molecule has 0 bridgehead atoms. The summed E-state index contributed by atoms with van der Waals surface area (Å²) in [6.07, 6.45) is 4.01. The van der Waals surface area contributed by atoms with E-state index in [1.54, 1.807) is 22.1 Å². The van der Waals surface area contributed by atoms with Gasteiger partial charge in [0.15, 0.2) is 5.03 Å². The molecule has 0 unspecified atom stereocenters. The minimum absolute atomic E-state index is 0.131. The lowest BCUT2D eigenvalue weighted by atomic mass is 9.95. The van der Waals surface area contributed by atoms with E-state index >= 15 is 0 Å². The number of hydrogen-bond donors (Lipinski definition) is 0. The number of aryl methyl sites for hydroxylation is 1. The molecule has 1 saturated heterocycles. The first kappa shape index (κ1) is 11.6. The third-order valence-electron chi connectivity index (χ3n) is 3.04. The summed E-state index contributed by atoms with van der Waals surface area (Å²) < 4.78 is 27.6. The Bertz CT molecular complexity index is 478. The van der Waals surface area contributed by atoms with Gasteiger partial charge in [-0.1, -0.05) is 13.8 Å². The summed E-state index contributed by atoms with van der Waals surface area (Å²) in [6.45, 7) is 4.71. The van der Waals surface area contributed by atoms with Crippen LogP contribution in [0.2, 0.25) is 0 Å². The van der Waals surface area contributed by atoms with Gasteiger partial charge in [-0.25, -0.2) is 13.4 Å². The molecule has 1 aromatic heterocycles. The lowest BCUT2D eigenvalue weighted by Crippen LogP contribution is -2.53. The van der Waals surface area contributed by atoms with Gasteiger partial charge < -0.3 is 4.57 Å². The zero-order valence-electron chi connectivity index (χ0n) is 9.79. The molecule has 1 aromatic rings. The van der Waals surface area contributed by atoms with Crippen molar-refractivity contribution in [3.63, 3.8) is 0 Å². The fraction of sp³-hybridized carbons (Fsp3) is 0.700. The first-order chi connectivity index (χ1) is 7.43. The van der Waals surface area contributed by atoms with E-state index < -0.39 is 10.0 Å². The van der Waals surface area contributed by atoms with E-state index in [2.05, 4.69) is 4.98 Å². The fourth-order valence-corrected chi connectivity index (χ4v) is 3.76. The van der Waals surface area contributed by atoms with Gasteiger partial charge in [-0.2, -0.15) is 4.31 Å². The number of aromatic nitrogens is 2. The van der Waals surface area contributed by atoms with Crippen LogP contribution >= 0.6 is 0 Å². The standard InChI is InChI=1S/C10H17N3O2S/c1-8(2)9-4-5-13(9)16(14,15)10-6-12(3)7-11-10/h6-9H,4-5H2,1-3H3/t9-/m0/s1. The minimum atomic E-state index is -3.37. The van der Waals surface area contributed by atoms with Gasteiger partial charge in [0, 0.05) is 25.8 Å². The van der Waals surface area contributed by atoms with Crippen molar-refractivity contribution < 1.29 is 8.42 Å². The number of nitrogens with zero attached hydrogens (tertiary/aromatic N) is 3. The van der Waals surface area contributed by atoms with Gasteiger partial charge in [0.2, 0.25) is 0 Å². The molecule has 16 heavy (non-hydrogen) atoms. The Balaban J connectivity index is 2.27. The maximum Gasteiger partial charge on any atom is 0.262 e. The van der Waals surface area contributed by atoms with Crippen LogP contribution in [0.15, 0.2) is 17.6 Å². The minimum Gasteiger partial charge on any atom is -0.339 e. The maximum atomic E-state index is 12.2. The second-order valence-electron chi connectivity index (χ2n) is 4.59. The van der Waals surface area contributed by atoms with Crippen molar-refractivity contribution in [2.45, 2.75) is 31.3 Å². The van der Waals surface area contributed by atoms with Crippen LogP contribution in [0.5, 0.6) is 0 Å². The maximum absolute atomic E-state index is 12.2. The van der Waals surface area contributed by atoms with E-state index in [9.17, 15) is 8.42 Å². The molecule has 0 aromatic carbocycles. The molecule has 1 fully saturated rings. The van der Waals surface area contributed by atoms with Gasteiger partial charge in [0.25, 0.3) is 10.0 Å². The van der Waals surface area contributed by atoms with Crippen molar-refractivity contribution in [2.75, 3.05) is 6.54 Å². The Labute approximate surface area is 96.1 Å². The van der Waals surface area contributed by atoms with E-state index in [0.717, 1.165) is 6.42 Å². The highest BCUT2D eigenvalue weighted by Gasteiger charge is 2.40. The lowest BCUT2D eigenvalue weighted by Gasteiger charge is -2.41. The molecule has 0 saturated carbocycles. The smallest absolute Gasteiger partial charge is 0.262 e. The lowest BCUT2D eigenvalue weighted by molar-refractivity contribution is 0.150. The van der Waals surface area contributed by atoms with Crippen molar-refractivity contribution in [3.05, 3.63) is 12.5 Å². The van der Waals surface area contributed by atoms with E-state index in [-0.39, 0.29) is 11.1 Å². The largest absolute Gasteiger partial charge is 0.339 e. The molecule has 0 N–H and O–H groups in total. The van der Waals surface area contributed by atoms with Crippen molar-refractivity contribution >= 4 is 10.0 Å². The van der Waals surface area contributed by atoms with E-state index in [1.165, 1.54) is 6.33 Å². The van der Waals surface area contributed by atoms with Crippen LogP contribution in [0.4, 0.5) is 0 Å². The molecule has 0 spiro atoms. The molecule has 6 heteroatoms. The van der Waals surface area contributed by atoms with Crippen LogP contribution < -0.4 is 0 Å². The highest BCUT2D eigenvalue weighted by atomic mass is 32.2. The highest BCUT2D eigenvalue weighted by molar-refractivity contribution is 7.89. The van der Waals surface area contributed by atoms with Crippen molar-refractivity contribution in [3.8, 4) is 0 Å². The molecule has 2 rings (SSSR count). The van der Waals surface area contributed by atoms with Crippen LogP contribution in [-0.4, -0.2) is 34.9 Å². The summed E-state index contributed by atoms with van der Waals surface area (Å²) in [4.78, 5) is 3.92. The van der Waals surface area contributed by atoms with Crippen molar-refractivity contribution in [2.24, 2.45) is 13.0 Å². The van der Waals surface area contributed by atoms with Gasteiger partial charge in [-0.05, 0) is 12.3 Å². The summed E-state index contributed by atoms with van der Waals surface area (Å²) >= 11 is 0. The fourth-order valence-electron chi connectivity index (χ4n) is 1.99. The Kier molecular flexibility index (Phi) is 2.79. The summed E-state index contributed by atoms with van der Waals surface area (Å²) in [6, 6.07) is 0.131. The molecule has 0 amide bonds. The second-order valence-corrected chi connectivity index (χ2v) is 6.43. The Morgan fingerprint density at radius 2 is 2.19 bits per heavy atom. The predicted octanol–water partition coefficient (Wildman–Crippen LogP) is 0.839. The monoisotopic (exact) mass is 243 g/mol. The van der Waals surface area contributed by atoms with Crippen LogP contribution in [-0.2, 0) is 17.1 Å². The normalized spacial score (nSPS) is 22.4. The van der Waals surface area contributed by atoms with E-state index in [0.29, 0.717) is 12.5 Å². The number of sulfonamides is 1. The van der Waals surface area contributed by atoms with Gasteiger partial charge in [-0.3, -0.25) is 0 Å². The SMILES string of the molecule is CC(C)[C@@H]1CCN1S(=O)(=O)c1cn(C)cn1. The molecule has 2 heterocycles. The first-order valence-corrected chi connectivity index (χ1v) is 6.86. The average molecular weight is 243 g/mol.